The molecule has 4 rings (SSSR count). The Morgan fingerprint density at radius 2 is 2.00 bits per heavy atom. The average Bonchev–Trinajstić information content (AvgIpc) is 2.82. The van der Waals surface area contributed by atoms with E-state index >= 15 is 0 Å². The van der Waals surface area contributed by atoms with E-state index in [0.717, 1.165) is 18.8 Å². The lowest BCUT2D eigenvalue weighted by Crippen LogP contribution is -2.53. The van der Waals surface area contributed by atoms with Gasteiger partial charge in [-0.2, -0.15) is 0 Å². The zero-order valence-electron chi connectivity index (χ0n) is 13.4. The third-order valence-corrected chi connectivity index (χ3v) is 7.98. The lowest BCUT2D eigenvalue weighted by Gasteiger charge is -2.58. The molecule has 0 saturated heterocycles. The summed E-state index contributed by atoms with van der Waals surface area (Å²) < 4.78 is 0. The Labute approximate surface area is 128 Å². The van der Waals surface area contributed by atoms with Crippen molar-refractivity contribution < 1.29 is 10.2 Å². The van der Waals surface area contributed by atoms with E-state index in [9.17, 15) is 10.2 Å². The molecule has 6 atom stereocenters. The molecule has 3 fully saturated rings. The number of aliphatic hydroxyl groups excluding tert-OH is 2. The van der Waals surface area contributed by atoms with E-state index in [4.69, 9.17) is 0 Å². The first-order chi connectivity index (χ1) is 10.1. The van der Waals surface area contributed by atoms with Crippen molar-refractivity contribution in [3.05, 3.63) is 11.6 Å². The van der Waals surface area contributed by atoms with Crippen LogP contribution in [0, 0.1) is 28.6 Å². The molecule has 1 unspecified atom stereocenters. The van der Waals surface area contributed by atoms with Crippen LogP contribution >= 0.6 is 0 Å². The van der Waals surface area contributed by atoms with Crippen LogP contribution in [0.5, 0.6) is 0 Å². The second-order valence-corrected chi connectivity index (χ2v) is 8.49. The second kappa shape index (κ2) is 4.83. The third kappa shape index (κ3) is 1.78. The minimum atomic E-state index is -0.0863. The predicted molar refractivity (Wildman–Crippen MR) is 83.7 cm³/mol. The standard InChI is InChI=1S/C19H30O2/c1-18-11-9-16-14(15(18)7-8-17(18)21)6-5-13-4-2-3-10-19(13,16)12-20/h4,14-17,20-21H,2-3,5-12H2,1H3/t14-,15-,16-,17?,18-,19+/m0/s1. The van der Waals surface area contributed by atoms with Crippen molar-refractivity contribution in [2.45, 2.75) is 70.8 Å². The van der Waals surface area contributed by atoms with E-state index in [-0.39, 0.29) is 16.9 Å². The molecule has 2 N–H and O–H groups in total. The second-order valence-electron chi connectivity index (χ2n) is 8.49. The van der Waals surface area contributed by atoms with Gasteiger partial charge in [-0.1, -0.05) is 18.6 Å². The van der Waals surface area contributed by atoms with Crippen LogP contribution in [0.15, 0.2) is 11.6 Å². The molecule has 0 aliphatic heterocycles. The van der Waals surface area contributed by atoms with Gasteiger partial charge in [0.15, 0.2) is 0 Å². The van der Waals surface area contributed by atoms with E-state index < -0.39 is 0 Å². The fraction of sp³-hybridized carbons (Fsp3) is 0.895. The van der Waals surface area contributed by atoms with Gasteiger partial charge in [0, 0.05) is 5.41 Å². The van der Waals surface area contributed by atoms with Gasteiger partial charge in [-0.15, -0.1) is 0 Å². The van der Waals surface area contributed by atoms with Crippen molar-refractivity contribution in [2.75, 3.05) is 6.61 Å². The third-order valence-electron chi connectivity index (χ3n) is 7.98. The first-order valence-electron chi connectivity index (χ1n) is 9.10. The molecule has 2 heteroatoms. The highest BCUT2D eigenvalue weighted by Crippen LogP contribution is 2.65. The molecular weight excluding hydrogens is 260 g/mol. The Hall–Kier alpha value is -0.340. The zero-order chi connectivity index (χ0) is 14.7. The Kier molecular flexibility index (Phi) is 3.28. The van der Waals surface area contributed by atoms with Gasteiger partial charge in [0.1, 0.15) is 0 Å². The van der Waals surface area contributed by atoms with Crippen LogP contribution < -0.4 is 0 Å². The first-order valence-corrected chi connectivity index (χ1v) is 9.10. The van der Waals surface area contributed by atoms with Gasteiger partial charge in [0.2, 0.25) is 0 Å². The van der Waals surface area contributed by atoms with Crippen molar-refractivity contribution >= 4 is 0 Å². The molecule has 3 saturated carbocycles. The monoisotopic (exact) mass is 290 g/mol. The number of hydrogen-bond donors (Lipinski definition) is 2. The first kappa shape index (κ1) is 14.3. The van der Waals surface area contributed by atoms with Gasteiger partial charge in [-0.25, -0.2) is 0 Å². The fourth-order valence-electron chi connectivity index (χ4n) is 6.80. The van der Waals surface area contributed by atoms with Gasteiger partial charge in [-0.3, -0.25) is 0 Å². The maximum Gasteiger partial charge on any atom is 0.0596 e. The largest absolute Gasteiger partial charge is 0.395 e. The van der Waals surface area contributed by atoms with Crippen LogP contribution in [0.1, 0.15) is 64.7 Å². The van der Waals surface area contributed by atoms with Crippen LogP contribution in [-0.4, -0.2) is 22.9 Å². The SMILES string of the molecule is C[C@]12CC[C@H]3[C@@H](CCC4=CCCC[C@@]43CO)[C@@H]1CCC2O. The summed E-state index contributed by atoms with van der Waals surface area (Å²) in [5.74, 6) is 2.10. The van der Waals surface area contributed by atoms with Crippen molar-refractivity contribution in [1.29, 1.82) is 0 Å². The molecule has 0 bridgehead atoms. The summed E-state index contributed by atoms with van der Waals surface area (Å²) in [6.07, 6.45) is 13.1. The van der Waals surface area contributed by atoms with Gasteiger partial charge in [-0.05, 0) is 81.0 Å². The molecule has 2 nitrogen and oxygen atoms in total. The van der Waals surface area contributed by atoms with Gasteiger partial charge in [0.25, 0.3) is 0 Å². The summed E-state index contributed by atoms with van der Waals surface area (Å²) in [7, 11) is 0. The highest BCUT2D eigenvalue weighted by Gasteiger charge is 2.59. The van der Waals surface area contributed by atoms with Gasteiger partial charge >= 0.3 is 0 Å². The predicted octanol–water partition coefficient (Wildman–Crippen LogP) is 3.67. The summed E-state index contributed by atoms with van der Waals surface area (Å²) >= 11 is 0. The van der Waals surface area contributed by atoms with Crippen LogP contribution in [0.3, 0.4) is 0 Å². The Bertz CT molecular complexity index is 456. The summed E-state index contributed by atoms with van der Waals surface area (Å²) in [6.45, 7) is 2.69. The van der Waals surface area contributed by atoms with E-state index in [1.54, 1.807) is 5.57 Å². The molecule has 0 amide bonds. The topological polar surface area (TPSA) is 40.5 Å². The highest BCUT2D eigenvalue weighted by atomic mass is 16.3. The lowest BCUT2D eigenvalue weighted by atomic mass is 9.47. The molecule has 21 heavy (non-hydrogen) atoms. The van der Waals surface area contributed by atoms with E-state index in [1.165, 1.54) is 44.9 Å². The quantitative estimate of drug-likeness (QED) is 0.723. The molecule has 4 aliphatic carbocycles. The minimum Gasteiger partial charge on any atom is -0.395 e. The fourth-order valence-corrected chi connectivity index (χ4v) is 6.80. The van der Waals surface area contributed by atoms with E-state index in [2.05, 4.69) is 13.0 Å². The molecule has 0 radical (unpaired) electrons. The molecule has 0 aromatic rings. The Morgan fingerprint density at radius 1 is 1.14 bits per heavy atom. The molecule has 4 aliphatic rings. The number of rotatable bonds is 1. The number of aliphatic hydroxyl groups is 2. The molecule has 0 aromatic carbocycles. The van der Waals surface area contributed by atoms with Crippen LogP contribution in [0.25, 0.3) is 0 Å². The zero-order valence-corrected chi connectivity index (χ0v) is 13.4. The van der Waals surface area contributed by atoms with Crippen molar-refractivity contribution in [2.24, 2.45) is 28.6 Å². The van der Waals surface area contributed by atoms with Crippen LogP contribution in [-0.2, 0) is 0 Å². The average molecular weight is 290 g/mol. The van der Waals surface area contributed by atoms with E-state index in [0.29, 0.717) is 18.4 Å². The van der Waals surface area contributed by atoms with Gasteiger partial charge < -0.3 is 10.2 Å². The molecule has 0 aromatic heterocycles. The summed E-state index contributed by atoms with van der Waals surface area (Å²) in [5, 5.41) is 20.7. The van der Waals surface area contributed by atoms with Crippen LogP contribution in [0.4, 0.5) is 0 Å². The Morgan fingerprint density at radius 3 is 2.81 bits per heavy atom. The number of allylic oxidation sites excluding steroid dienone is 1. The summed E-state index contributed by atoms with van der Waals surface area (Å²) in [4.78, 5) is 0. The molecule has 0 heterocycles. The van der Waals surface area contributed by atoms with Crippen molar-refractivity contribution in [3.63, 3.8) is 0 Å². The van der Waals surface area contributed by atoms with Crippen molar-refractivity contribution in [3.8, 4) is 0 Å². The minimum absolute atomic E-state index is 0.0863. The molecule has 0 spiro atoms. The lowest BCUT2D eigenvalue weighted by molar-refractivity contribution is -0.0903. The normalized spacial score (nSPS) is 52.6. The maximum atomic E-state index is 10.5. The summed E-state index contributed by atoms with van der Waals surface area (Å²) in [6, 6.07) is 0. The van der Waals surface area contributed by atoms with E-state index in [1.807, 2.05) is 0 Å². The number of hydrogen-bond acceptors (Lipinski definition) is 2. The smallest absolute Gasteiger partial charge is 0.0596 e. The van der Waals surface area contributed by atoms with Crippen molar-refractivity contribution in [1.82, 2.24) is 0 Å². The molecule has 118 valence electrons. The van der Waals surface area contributed by atoms with Crippen LogP contribution in [0.2, 0.25) is 0 Å². The number of fused-ring (bicyclic) bond motifs is 5. The highest BCUT2D eigenvalue weighted by molar-refractivity contribution is 5.25. The molecular formula is C19H30O2. The maximum absolute atomic E-state index is 10.5. The summed E-state index contributed by atoms with van der Waals surface area (Å²) in [5.41, 5.74) is 1.85. The van der Waals surface area contributed by atoms with Gasteiger partial charge in [0.05, 0.1) is 12.7 Å². The Balaban J connectivity index is 1.70.